The molecule has 6 aromatic rings. The van der Waals surface area contributed by atoms with E-state index in [1.165, 1.54) is 0 Å². The topological polar surface area (TPSA) is 85.0 Å². The number of oxazole rings is 1. The van der Waals surface area contributed by atoms with Crippen LogP contribution in [0.3, 0.4) is 0 Å². The van der Waals surface area contributed by atoms with Crippen LogP contribution in [0, 0.1) is 6.92 Å². The number of aryl methyl sites for hydroxylation is 1. The Labute approximate surface area is 262 Å². The van der Waals surface area contributed by atoms with E-state index < -0.39 is 6.10 Å². The standard InChI is InChI=1S/C37H36N2O6/c1-5-31(37(40)42-6-2)45-33-18-12-17-30-35(33)27-15-10-11-16-29(27)39(30)22-25-19-20-32(34(21-25)41-4)43-23-28-24(3)44-36(38-28)26-13-8-7-9-14-26/h7-21,31H,5-6,22-23H2,1-4H3/t31-/m0/s1. The van der Waals surface area contributed by atoms with Gasteiger partial charge in [0.15, 0.2) is 17.6 Å². The number of benzene rings is 4. The highest BCUT2D eigenvalue weighted by molar-refractivity contribution is 6.11. The molecule has 0 amide bonds. The number of ether oxygens (including phenoxy) is 4. The summed E-state index contributed by atoms with van der Waals surface area (Å²) < 4.78 is 31.6. The number of hydrogen-bond acceptors (Lipinski definition) is 7. The average Bonchev–Trinajstić information content (AvgIpc) is 3.61. The third kappa shape index (κ3) is 6.09. The quantitative estimate of drug-likeness (QED) is 0.130. The van der Waals surface area contributed by atoms with Gasteiger partial charge >= 0.3 is 5.97 Å². The van der Waals surface area contributed by atoms with Gasteiger partial charge in [0.1, 0.15) is 23.8 Å². The van der Waals surface area contributed by atoms with Crippen molar-refractivity contribution in [3.05, 3.63) is 108 Å². The number of carbonyl (C=O) groups excluding carboxylic acids is 1. The molecule has 0 aliphatic heterocycles. The van der Waals surface area contributed by atoms with Gasteiger partial charge in [-0.1, -0.05) is 55.5 Å². The Morgan fingerprint density at radius 1 is 0.889 bits per heavy atom. The molecule has 0 saturated heterocycles. The van der Waals surface area contributed by atoms with Crippen molar-refractivity contribution in [2.45, 2.75) is 46.4 Å². The molecule has 0 N–H and O–H groups in total. The second-order valence-electron chi connectivity index (χ2n) is 10.7. The summed E-state index contributed by atoms with van der Waals surface area (Å²) in [4.78, 5) is 17.2. The second-order valence-corrected chi connectivity index (χ2v) is 10.7. The van der Waals surface area contributed by atoms with Gasteiger partial charge in [0.05, 0.1) is 19.2 Å². The number of esters is 1. The molecule has 6 rings (SSSR count). The van der Waals surface area contributed by atoms with Crippen LogP contribution in [0.5, 0.6) is 17.2 Å². The first kappa shape index (κ1) is 29.8. The van der Waals surface area contributed by atoms with Crippen molar-refractivity contribution in [1.82, 2.24) is 9.55 Å². The Hall–Kier alpha value is -5.24. The molecule has 0 spiro atoms. The van der Waals surface area contributed by atoms with E-state index in [-0.39, 0.29) is 12.6 Å². The summed E-state index contributed by atoms with van der Waals surface area (Å²) in [5, 5.41) is 2.01. The van der Waals surface area contributed by atoms with Gasteiger partial charge in [-0.2, -0.15) is 0 Å². The third-order valence-corrected chi connectivity index (χ3v) is 7.80. The zero-order valence-corrected chi connectivity index (χ0v) is 25.9. The zero-order valence-electron chi connectivity index (χ0n) is 25.9. The van der Waals surface area contributed by atoms with E-state index in [2.05, 4.69) is 27.8 Å². The highest BCUT2D eigenvalue weighted by Crippen LogP contribution is 2.38. The van der Waals surface area contributed by atoms with Crippen molar-refractivity contribution < 1.29 is 28.2 Å². The van der Waals surface area contributed by atoms with Gasteiger partial charge in [0.25, 0.3) is 0 Å². The molecule has 8 nitrogen and oxygen atoms in total. The summed E-state index contributed by atoms with van der Waals surface area (Å²) in [5.41, 5.74) is 4.75. The van der Waals surface area contributed by atoms with Crippen molar-refractivity contribution >= 4 is 27.8 Å². The lowest BCUT2D eigenvalue weighted by molar-refractivity contribution is -0.151. The van der Waals surface area contributed by atoms with Gasteiger partial charge in [-0.05, 0) is 68.3 Å². The lowest BCUT2D eigenvalue weighted by atomic mass is 10.1. The second kappa shape index (κ2) is 13.2. The Kier molecular flexibility index (Phi) is 8.73. The minimum atomic E-state index is -0.680. The summed E-state index contributed by atoms with van der Waals surface area (Å²) in [6.07, 6.45) is -0.174. The normalized spacial score (nSPS) is 11.9. The molecule has 0 saturated carbocycles. The van der Waals surface area contributed by atoms with Crippen LogP contribution in [0.25, 0.3) is 33.3 Å². The van der Waals surface area contributed by atoms with Crippen LogP contribution in [-0.4, -0.2) is 35.3 Å². The Balaban J connectivity index is 1.27. The third-order valence-electron chi connectivity index (χ3n) is 7.80. The average molecular weight is 605 g/mol. The lowest BCUT2D eigenvalue weighted by Crippen LogP contribution is -2.28. The fourth-order valence-corrected chi connectivity index (χ4v) is 5.54. The fraction of sp³-hybridized carbons (Fsp3) is 0.243. The number of fused-ring (bicyclic) bond motifs is 3. The number of hydrogen-bond donors (Lipinski definition) is 0. The van der Waals surface area contributed by atoms with Crippen molar-refractivity contribution in [3.8, 4) is 28.7 Å². The number of carbonyl (C=O) groups is 1. The molecule has 0 aliphatic carbocycles. The van der Waals surface area contributed by atoms with Gasteiger partial charge in [-0.25, -0.2) is 9.78 Å². The number of rotatable bonds is 12. The molecule has 1 atom stereocenters. The first-order valence-corrected chi connectivity index (χ1v) is 15.1. The van der Waals surface area contributed by atoms with Crippen molar-refractivity contribution in [2.24, 2.45) is 0 Å². The van der Waals surface area contributed by atoms with Gasteiger partial charge in [-0.3, -0.25) is 0 Å². The molecule has 45 heavy (non-hydrogen) atoms. The number of aromatic nitrogens is 2. The molecule has 0 fully saturated rings. The minimum Gasteiger partial charge on any atom is -0.493 e. The van der Waals surface area contributed by atoms with E-state index in [0.29, 0.717) is 48.5 Å². The van der Waals surface area contributed by atoms with E-state index in [0.717, 1.165) is 38.6 Å². The van der Waals surface area contributed by atoms with Crippen LogP contribution in [0.1, 0.15) is 37.3 Å². The molecule has 2 heterocycles. The molecular weight excluding hydrogens is 568 g/mol. The van der Waals surface area contributed by atoms with E-state index in [1.807, 2.05) is 86.6 Å². The van der Waals surface area contributed by atoms with E-state index in [1.54, 1.807) is 14.0 Å². The van der Waals surface area contributed by atoms with Crippen molar-refractivity contribution in [1.29, 1.82) is 0 Å². The maximum atomic E-state index is 12.5. The van der Waals surface area contributed by atoms with E-state index in [9.17, 15) is 4.79 Å². The van der Waals surface area contributed by atoms with Crippen LogP contribution in [0.15, 0.2) is 95.4 Å². The van der Waals surface area contributed by atoms with Crippen molar-refractivity contribution in [2.75, 3.05) is 13.7 Å². The van der Waals surface area contributed by atoms with Gasteiger partial charge in [0, 0.05) is 28.4 Å². The molecule has 4 aromatic carbocycles. The Morgan fingerprint density at radius 3 is 2.44 bits per heavy atom. The van der Waals surface area contributed by atoms with Crippen LogP contribution >= 0.6 is 0 Å². The number of para-hydroxylation sites is 1. The number of methoxy groups -OCH3 is 1. The van der Waals surface area contributed by atoms with Crippen LogP contribution in [0.4, 0.5) is 0 Å². The molecular formula is C37H36N2O6. The van der Waals surface area contributed by atoms with Gasteiger partial charge in [-0.15, -0.1) is 0 Å². The summed E-state index contributed by atoms with van der Waals surface area (Å²) in [7, 11) is 1.64. The van der Waals surface area contributed by atoms with E-state index >= 15 is 0 Å². The molecule has 0 unspecified atom stereocenters. The van der Waals surface area contributed by atoms with Gasteiger partial charge in [0.2, 0.25) is 5.89 Å². The highest BCUT2D eigenvalue weighted by atomic mass is 16.6. The maximum absolute atomic E-state index is 12.5. The van der Waals surface area contributed by atoms with E-state index in [4.69, 9.17) is 23.4 Å². The molecule has 8 heteroatoms. The Bertz CT molecular complexity index is 1940. The summed E-state index contributed by atoms with van der Waals surface area (Å²) in [5.74, 6) is 2.83. The Morgan fingerprint density at radius 2 is 1.67 bits per heavy atom. The minimum absolute atomic E-state index is 0.248. The van der Waals surface area contributed by atoms with Crippen LogP contribution in [-0.2, 0) is 22.7 Å². The van der Waals surface area contributed by atoms with Gasteiger partial charge < -0.3 is 27.9 Å². The summed E-state index contributed by atoms with van der Waals surface area (Å²) in [6, 6.07) is 29.9. The first-order chi connectivity index (χ1) is 22.0. The smallest absolute Gasteiger partial charge is 0.347 e. The number of nitrogens with zero attached hydrogens (tertiary/aromatic N) is 2. The predicted octanol–water partition coefficient (Wildman–Crippen LogP) is 8.11. The fourth-order valence-electron chi connectivity index (χ4n) is 5.54. The zero-order chi connectivity index (χ0) is 31.3. The lowest BCUT2D eigenvalue weighted by Gasteiger charge is -2.17. The molecule has 0 bridgehead atoms. The summed E-state index contributed by atoms with van der Waals surface area (Å²) in [6.45, 7) is 6.75. The van der Waals surface area contributed by atoms with Crippen LogP contribution < -0.4 is 14.2 Å². The molecule has 0 radical (unpaired) electrons. The molecule has 230 valence electrons. The molecule has 0 aliphatic rings. The predicted molar refractivity (Wildman–Crippen MR) is 174 cm³/mol. The van der Waals surface area contributed by atoms with Crippen molar-refractivity contribution in [3.63, 3.8) is 0 Å². The monoisotopic (exact) mass is 604 g/mol. The summed E-state index contributed by atoms with van der Waals surface area (Å²) >= 11 is 0. The molecule has 2 aromatic heterocycles. The SMILES string of the molecule is CCOC(=O)[C@H](CC)Oc1cccc2c1c1ccccc1n2Cc1ccc(OCc2nc(-c3ccccc3)oc2C)c(OC)c1. The maximum Gasteiger partial charge on any atom is 0.347 e. The highest BCUT2D eigenvalue weighted by Gasteiger charge is 2.23. The largest absolute Gasteiger partial charge is 0.493 e. The first-order valence-electron chi connectivity index (χ1n) is 15.1. The van der Waals surface area contributed by atoms with Crippen LogP contribution in [0.2, 0.25) is 0 Å².